The van der Waals surface area contributed by atoms with Gasteiger partial charge in [-0.05, 0) is 55.2 Å². The van der Waals surface area contributed by atoms with Gasteiger partial charge in [0.15, 0.2) is 0 Å². The topological polar surface area (TPSA) is 68.6 Å². The molecule has 1 aromatic rings. The zero-order chi connectivity index (χ0) is 22.9. The summed E-state index contributed by atoms with van der Waals surface area (Å²) in [6.07, 6.45) is -0.597. The predicted molar refractivity (Wildman–Crippen MR) is 113 cm³/mol. The van der Waals surface area contributed by atoms with Gasteiger partial charge >= 0.3 is 12.2 Å². The van der Waals surface area contributed by atoms with Crippen LogP contribution in [0.3, 0.4) is 0 Å². The van der Waals surface area contributed by atoms with Crippen molar-refractivity contribution in [3.05, 3.63) is 29.3 Å². The number of halogens is 3. The molecule has 2 amide bonds. The Morgan fingerprint density at radius 3 is 2.59 bits per heavy atom. The van der Waals surface area contributed by atoms with Gasteiger partial charge in [-0.3, -0.25) is 0 Å². The maximum absolute atomic E-state index is 13.5. The fraction of sp³-hybridized carbons (Fsp3) is 0.652. The van der Waals surface area contributed by atoms with E-state index in [1.165, 1.54) is 18.9 Å². The van der Waals surface area contributed by atoms with E-state index >= 15 is 0 Å². The molecule has 174 valence electrons. The number of hydrogen-bond donors (Lipinski definition) is 1. The first-order valence-corrected chi connectivity index (χ1v) is 11.2. The first-order chi connectivity index (χ1) is 15.3. The first kappa shape index (κ1) is 22.7. The van der Waals surface area contributed by atoms with Crippen molar-refractivity contribution in [2.24, 2.45) is 17.3 Å². The summed E-state index contributed by atoms with van der Waals surface area (Å²) >= 11 is 0. The standard InChI is InChI=1S/C23H29F3N4O2/c1-28-21(31)29-8-6-22(7-9-29)15-30(12-18(22)14-32-13-16-2-3-16)19-5-4-17(11-27)20(10-19)23(24,25)26/h4-5,10,16,18H,2-3,6-9,12-15H2,1H3,(H,28,31). The number of nitriles is 1. The molecule has 1 aliphatic carbocycles. The van der Waals surface area contributed by atoms with Crippen LogP contribution in [-0.2, 0) is 10.9 Å². The summed E-state index contributed by atoms with van der Waals surface area (Å²) < 4.78 is 46.5. The molecule has 1 N–H and O–H groups in total. The summed E-state index contributed by atoms with van der Waals surface area (Å²) in [5.41, 5.74) is -0.887. The molecule has 1 spiro atoms. The Morgan fingerprint density at radius 2 is 2.00 bits per heavy atom. The minimum Gasteiger partial charge on any atom is -0.381 e. The van der Waals surface area contributed by atoms with Crippen LogP contribution in [0.4, 0.5) is 23.7 Å². The number of benzene rings is 1. The Kier molecular flexibility index (Phi) is 6.26. The number of nitrogens with one attached hydrogen (secondary N) is 1. The SMILES string of the molecule is CNC(=O)N1CCC2(CC1)CN(c1ccc(C#N)c(C(F)(F)F)c1)CC2COCC1CC1. The van der Waals surface area contributed by atoms with E-state index in [2.05, 4.69) is 5.32 Å². The molecule has 0 aromatic heterocycles. The third-order valence-electron chi connectivity index (χ3n) is 7.24. The molecule has 1 saturated carbocycles. The van der Waals surface area contributed by atoms with Crippen molar-refractivity contribution in [2.75, 3.05) is 51.3 Å². The van der Waals surface area contributed by atoms with Crippen LogP contribution in [0.2, 0.25) is 0 Å². The molecule has 2 saturated heterocycles. The zero-order valence-electron chi connectivity index (χ0n) is 18.2. The molecule has 1 atom stereocenters. The molecule has 1 aromatic carbocycles. The lowest BCUT2D eigenvalue weighted by Crippen LogP contribution is -2.49. The molecule has 0 bridgehead atoms. The van der Waals surface area contributed by atoms with Gasteiger partial charge in [-0.1, -0.05) is 0 Å². The van der Waals surface area contributed by atoms with Crippen molar-refractivity contribution >= 4 is 11.7 Å². The van der Waals surface area contributed by atoms with Crippen LogP contribution in [0.5, 0.6) is 0 Å². The fourth-order valence-electron chi connectivity index (χ4n) is 5.06. The maximum Gasteiger partial charge on any atom is 0.417 e. The van der Waals surface area contributed by atoms with Crippen LogP contribution < -0.4 is 10.2 Å². The molecular weight excluding hydrogens is 421 g/mol. The average Bonchev–Trinajstić information content (AvgIpc) is 3.54. The highest BCUT2D eigenvalue weighted by atomic mass is 19.4. The van der Waals surface area contributed by atoms with E-state index in [-0.39, 0.29) is 22.9 Å². The van der Waals surface area contributed by atoms with E-state index in [9.17, 15) is 18.0 Å². The van der Waals surface area contributed by atoms with Crippen molar-refractivity contribution in [3.63, 3.8) is 0 Å². The normalized spacial score (nSPS) is 22.8. The Bertz CT molecular complexity index is 886. The number of anilines is 1. The summed E-state index contributed by atoms with van der Waals surface area (Å²) in [6.45, 7) is 3.78. The number of alkyl halides is 3. The van der Waals surface area contributed by atoms with E-state index in [1.54, 1.807) is 24.1 Å². The smallest absolute Gasteiger partial charge is 0.381 e. The van der Waals surface area contributed by atoms with Gasteiger partial charge < -0.3 is 19.9 Å². The number of nitrogens with zero attached hydrogens (tertiary/aromatic N) is 3. The third-order valence-corrected chi connectivity index (χ3v) is 7.24. The summed E-state index contributed by atoms with van der Waals surface area (Å²) in [4.78, 5) is 15.8. The Hall–Kier alpha value is -2.47. The number of urea groups is 1. The minimum atomic E-state index is -4.58. The predicted octanol–water partition coefficient (Wildman–Crippen LogP) is 3.86. The molecule has 32 heavy (non-hydrogen) atoms. The van der Waals surface area contributed by atoms with Crippen LogP contribution in [0.1, 0.15) is 36.8 Å². The number of hydrogen-bond acceptors (Lipinski definition) is 4. The van der Waals surface area contributed by atoms with Crippen LogP contribution in [-0.4, -0.2) is 57.4 Å². The van der Waals surface area contributed by atoms with E-state index in [0.29, 0.717) is 44.4 Å². The molecule has 2 heterocycles. The lowest BCUT2D eigenvalue weighted by atomic mass is 9.71. The molecule has 1 unspecified atom stereocenters. The number of likely N-dealkylation sites (tertiary alicyclic amines) is 1. The lowest BCUT2D eigenvalue weighted by Gasteiger charge is -2.42. The minimum absolute atomic E-state index is 0.0989. The van der Waals surface area contributed by atoms with Crippen molar-refractivity contribution in [1.82, 2.24) is 10.2 Å². The highest BCUT2D eigenvalue weighted by molar-refractivity contribution is 5.73. The number of carbonyl (C=O) groups excluding carboxylic acids is 1. The molecular formula is C23H29F3N4O2. The van der Waals surface area contributed by atoms with Gasteiger partial charge in [0.25, 0.3) is 0 Å². The largest absolute Gasteiger partial charge is 0.417 e. The second-order valence-corrected chi connectivity index (χ2v) is 9.30. The lowest BCUT2D eigenvalue weighted by molar-refractivity contribution is -0.137. The number of ether oxygens (including phenoxy) is 1. The van der Waals surface area contributed by atoms with Crippen molar-refractivity contribution in [1.29, 1.82) is 5.26 Å². The second kappa shape index (κ2) is 8.81. The Balaban J connectivity index is 1.54. The highest BCUT2D eigenvalue weighted by Crippen LogP contribution is 2.47. The van der Waals surface area contributed by atoms with Gasteiger partial charge in [-0.2, -0.15) is 18.4 Å². The summed E-state index contributed by atoms with van der Waals surface area (Å²) in [6, 6.07) is 5.51. The fourth-order valence-corrected chi connectivity index (χ4v) is 5.06. The second-order valence-electron chi connectivity index (χ2n) is 9.30. The van der Waals surface area contributed by atoms with Gasteiger partial charge in [0.05, 0.1) is 23.8 Å². The third kappa shape index (κ3) is 4.65. The van der Waals surface area contributed by atoms with Gasteiger partial charge in [0, 0.05) is 51.4 Å². The summed E-state index contributed by atoms with van der Waals surface area (Å²) in [7, 11) is 1.61. The van der Waals surface area contributed by atoms with E-state index in [0.717, 1.165) is 25.5 Å². The number of piperidine rings is 1. The zero-order valence-corrected chi connectivity index (χ0v) is 18.2. The van der Waals surface area contributed by atoms with Gasteiger partial charge in [-0.15, -0.1) is 0 Å². The molecule has 3 aliphatic rings. The molecule has 9 heteroatoms. The van der Waals surface area contributed by atoms with Crippen LogP contribution in [0.15, 0.2) is 18.2 Å². The maximum atomic E-state index is 13.5. The quantitative estimate of drug-likeness (QED) is 0.740. The van der Waals surface area contributed by atoms with Crippen molar-refractivity contribution in [2.45, 2.75) is 31.9 Å². The first-order valence-electron chi connectivity index (χ1n) is 11.2. The molecule has 6 nitrogen and oxygen atoms in total. The van der Waals surface area contributed by atoms with Gasteiger partial charge in [-0.25, -0.2) is 4.79 Å². The molecule has 3 fully saturated rings. The highest BCUT2D eigenvalue weighted by Gasteiger charge is 2.49. The number of rotatable bonds is 5. The molecule has 4 rings (SSSR count). The van der Waals surface area contributed by atoms with Gasteiger partial charge in [0.2, 0.25) is 0 Å². The summed E-state index contributed by atoms with van der Waals surface area (Å²) in [5, 5.41) is 11.8. The van der Waals surface area contributed by atoms with Crippen LogP contribution in [0.25, 0.3) is 0 Å². The number of amides is 2. The number of carbonyl (C=O) groups is 1. The monoisotopic (exact) mass is 450 g/mol. The Morgan fingerprint density at radius 1 is 1.28 bits per heavy atom. The average molecular weight is 451 g/mol. The van der Waals surface area contributed by atoms with Gasteiger partial charge in [0.1, 0.15) is 0 Å². The summed E-state index contributed by atoms with van der Waals surface area (Å²) in [5.74, 6) is 0.824. The van der Waals surface area contributed by atoms with E-state index in [4.69, 9.17) is 10.00 Å². The van der Waals surface area contributed by atoms with E-state index in [1.807, 2.05) is 4.90 Å². The molecule has 0 radical (unpaired) electrons. The Labute approximate surface area is 186 Å². The van der Waals surface area contributed by atoms with Crippen LogP contribution in [0, 0.1) is 28.6 Å². The molecule has 2 aliphatic heterocycles. The van der Waals surface area contributed by atoms with Crippen molar-refractivity contribution < 1.29 is 22.7 Å². The van der Waals surface area contributed by atoms with E-state index < -0.39 is 11.7 Å². The van der Waals surface area contributed by atoms with Crippen LogP contribution >= 0.6 is 0 Å². The van der Waals surface area contributed by atoms with Crippen molar-refractivity contribution in [3.8, 4) is 6.07 Å².